The van der Waals surface area contributed by atoms with Gasteiger partial charge in [0, 0.05) is 30.0 Å². The van der Waals surface area contributed by atoms with Crippen molar-refractivity contribution in [2.75, 3.05) is 35.7 Å². The SMILES string of the molecule is CC[C@H]1O[C@@H](n2ncc3c(Cl)cc(Cl)nc32)[C@@H](F)[C@@H]1C.CC[C@H]1O[C@H](Br)[C@@H](F)[C@@H]1C.Clc1cc(Cl)c2cn[nH]c2n1.NC1CCCC1.O=P(Cl)(Cl)CP(=O)(Cl)Cl.O=P(O)(O)CP(=O)(O)OC[C@H]1O[C@@H](n2ncc3c(NC4CCCC4)nc(Cl)nc32)[C@@H](F)[C@@H]1O.OC[C@H]1O[C@@H](n2ncc3c(NC4CCCC4)nc(Cl)nc32)[C@@H](F)[C@@H]1O. The molecular weight excluding hydrogens is 1870 g/mol. The van der Waals surface area contributed by atoms with Gasteiger partial charge in [-0.05, 0) is 132 Å². The predicted molar refractivity (Wildman–Crippen MR) is 433 cm³/mol. The first-order valence-corrected chi connectivity index (χ1v) is 49.9. The average molecular weight is 1950 g/mol. The Morgan fingerprint density at radius 1 is 0.561 bits per heavy atom. The van der Waals surface area contributed by atoms with Crippen molar-refractivity contribution in [3.8, 4) is 0 Å². The van der Waals surface area contributed by atoms with Crippen molar-refractivity contribution in [1.82, 2.24) is 69.4 Å². The molecule has 7 aliphatic rings. The number of hydrogen-bond donors (Lipinski definition) is 10. The molecule has 0 spiro atoms. The van der Waals surface area contributed by atoms with Gasteiger partial charge in [-0.2, -0.15) is 40.3 Å². The van der Waals surface area contributed by atoms with E-state index in [1.807, 2.05) is 27.7 Å². The number of aliphatic hydroxyl groups excluding tert-OH is 3. The summed E-state index contributed by atoms with van der Waals surface area (Å²) in [6.45, 7) is 6.46. The molecule has 12 heterocycles. The van der Waals surface area contributed by atoms with Crippen LogP contribution in [0.5, 0.6) is 0 Å². The summed E-state index contributed by atoms with van der Waals surface area (Å²) >= 11 is 58.7. The summed E-state index contributed by atoms with van der Waals surface area (Å²) in [4.78, 5) is 52.1. The van der Waals surface area contributed by atoms with Crippen molar-refractivity contribution in [2.24, 2.45) is 17.6 Å². The van der Waals surface area contributed by atoms with Crippen LogP contribution in [0.2, 0.25) is 30.9 Å². The van der Waals surface area contributed by atoms with Crippen molar-refractivity contribution in [3.05, 3.63) is 67.8 Å². The zero-order valence-electron chi connectivity index (χ0n) is 60.9. The lowest BCUT2D eigenvalue weighted by atomic mass is 10.00. The first-order valence-electron chi connectivity index (χ1n) is 35.8. The number of halogens is 15. The van der Waals surface area contributed by atoms with Gasteiger partial charge in [-0.1, -0.05) is 129 Å². The Labute approximate surface area is 708 Å². The van der Waals surface area contributed by atoms with E-state index in [1.165, 1.54) is 66.3 Å². The van der Waals surface area contributed by atoms with Crippen LogP contribution in [-0.4, -0.2) is 209 Å². The van der Waals surface area contributed by atoms with E-state index in [4.69, 9.17) is 149 Å². The third-order valence-electron chi connectivity index (χ3n) is 19.2. The second kappa shape index (κ2) is 42.0. The van der Waals surface area contributed by atoms with E-state index in [1.54, 1.807) is 18.5 Å². The molecule has 17 atom stereocenters. The fourth-order valence-electron chi connectivity index (χ4n) is 13.4. The van der Waals surface area contributed by atoms with Crippen LogP contribution in [0, 0.1) is 11.8 Å². The molecule has 51 heteroatoms. The largest absolute Gasteiger partial charge is 0.394 e. The number of H-pyrrole nitrogens is 1. The Kier molecular flexibility index (Phi) is 35.1. The normalized spacial score (nSPS) is 27.9. The zero-order chi connectivity index (χ0) is 83.6. The topological polar surface area (TPSA) is 445 Å². The summed E-state index contributed by atoms with van der Waals surface area (Å²) < 4.78 is 131. The number of nitrogens with one attached hydrogen (secondary N) is 3. The van der Waals surface area contributed by atoms with Gasteiger partial charge in [-0.25, -0.2) is 41.6 Å². The van der Waals surface area contributed by atoms with Crippen LogP contribution in [0.25, 0.3) is 44.1 Å². The molecule has 114 heavy (non-hydrogen) atoms. The molecule has 0 amide bonds. The van der Waals surface area contributed by atoms with Crippen LogP contribution >= 0.6 is 157 Å². The molecule has 4 aliphatic heterocycles. The van der Waals surface area contributed by atoms with Gasteiger partial charge in [-0.15, -0.1) is 0 Å². The number of anilines is 2. The molecule has 1 unspecified atom stereocenters. The van der Waals surface area contributed by atoms with Crippen molar-refractivity contribution in [1.29, 1.82) is 0 Å². The second-order valence-corrected chi connectivity index (χ2v) is 45.8. The van der Waals surface area contributed by atoms with Gasteiger partial charge in [0.2, 0.25) is 10.6 Å². The van der Waals surface area contributed by atoms with Gasteiger partial charge < -0.3 is 69.8 Å². The number of aromatic amines is 1. The number of fused-ring (bicyclic) bond motifs is 4. The van der Waals surface area contributed by atoms with Crippen LogP contribution in [0.3, 0.4) is 0 Å². The van der Waals surface area contributed by atoms with E-state index in [0.29, 0.717) is 72.0 Å². The van der Waals surface area contributed by atoms with Gasteiger partial charge >= 0.3 is 15.2 Å². The summed E-state index contributed by atoms with van der Waals surface area (Å²) in [5.41, 5.74) is 7.07. The van der Waals surface area contributed by atoms with Crippen molar-refractivity contribution < 1.29 is 89.3 Å². The smallest absolute Gasteiger partial charge is 0.340 e. The standard InChI is InChI=1S/C16H23ClFN5O8P2.C15H19ClFN5O3.C13H14Cl2FN3O.C7H12BrFO.C6H3Cl2N3.C5H11N.CH2Cl4O2P2/c17-16-21-13(20-8-3-1-2-4-8)9-5-19-23(14(9)22-16)15-11(18)12(24)10(31-15)6-30-33(28,29)7-32(25,26)27;16-15-20-12(19-7-3-1-2-4-7)8-5-18-22(13(8)21-15)14-10(17)11(24)9(6-23)25-14;1-3-9-6(2)11(16)13(20-9)19-12-7(5-17-19)8(14)4-10(15)18-12;1-3-5-4(2)6(9)7(8)10-5;7-4-1-5(8)10-6-3(4)2-9-11-6;6-5-3-1-2-4-5;2-8(3,6)1-9(4,5)7/h5,8,10-12,15,24H,1-4,6-7H2,(H,28,29)(H,20,21,22)(H2,25,26,27);5,7,9-11,14,23-24H,1-4,6H2,(H,19,20,21);4-6,9,11,13H,3H2,1-2H3;4-7H,3H2,1-2H3;1-2H,(H,9,10,11);5H,1-4,6H2;1H2/t10-,11+,12-,15-;9-,10+,11-,14-;6-,9-,11+,13-;4-,5-,6+,7+;;;/m1111.../s1. The quantitative estimate of drug-likeness (QED) is 0.0133. The van der Waals surface area contributed by atoms with Crippen molar-refractivity contribution in [3.63, 3.8) is 0 Å². The number of nitrogens with zero attached hydrogens (tertiary/aromatic N) is 13. The molecule has 0 radical (unpaired) electrons. The molecule has 32 nitrogen and oxygen atoms in total. The van der Waals surface area contributed by atoms with E-state index in [9.17, 15) is 56.0 Å². The molecule has 3 aliphatic carbocycles. The van der Waals surface area contributed by atoms with Crippen LogP contribution in [0.4, 0.5) is 29.2 Å². The van der Waals surface area contributed by atoms with Crippen LogP contribution in [-0.2, 0) is 41.7 Å². The lowest BCUT2D eigenvalue weighted by Crippen LogP contribution is -2.31. The Balaban J connectivity index is 0.000000163. The maximum Gasteiger partial charge on any atom is 0.340 e. The summed E-state index contributed by atoms with van der Waals surface area (Å²) in [6, 6.07) is 4.20. The molecule has 11 N–H and O–H groups in total. The Bertz CT molecular complexity index is 4700. The summed E-state index contributed by atoms with van der Waals surface area (Å²) in [5, 5.41) is 58.5. The monoisotopic (exact) mass is 1950 g/mol. The zero-order valence-corrected chi connectivity index (χ0v) is 73.6. The molecule has 0 aromatic carbocycles. The van der Waals surface area contributed by atoms with E-state index in [-0.39, 0.29) is 56.5 Å². The number of pyridine rings is 2. The number of aliphatic hydroxyl groups is 3. The van der Waals surface area contributed by atoms with Crippen molar-refractivity contribution in [2.45, 2.75) is 221 Å². The molecule has 8 aromatic rings. The third-order valence-corrected chi connectivity index (χ3v) is 31.2. The second-order valence-electron chi connectivity index (χ2n) is 27.7. The minimum Gasteiger partial charge on any atom is -0.394 e. The number of ether oxygens (including phenoxy) is 4. The number of hydrogen-bond acceptors (Lipinski definition) is 25. The van der Waals surface area contributed by atoms with Gasteiger partial charge in [-0.3, -0.25) is 23.4 Å². The number of nitrogens with two attached hydrogens (primary N) is 1. The van der Waals surface area contributed by atoms with Crippen molar-refractivity contribution >= 4 is 213 Å². The molecule has 3 saturated carbocycles. The van der Waals surface area contributed by atoms with Gasteiger partial charge in [0.05, 0.1) is 81.8 Å². The van der Waals surface area contributed by atoms with Gasteiger partial charge in [0.25, 0.3) is 11.7 Å². The predicted octanol–water partition coefficient (Wildman–Crippen LogP) is 17.1. The van der Waals surface area contributed by atoms with Crippen LogP contribution < -0.4 is 16.4 Å². The molecule has 7 fully saturated rings. The maximum absolute atomic E-state index is 14.9. The summed E-state index contributed by atoms with van der Waals surface area (Å²) in [7, 11) is -9.54. The Morgan fingerprint density at radius 2 is 0.974 bits per heavy atom. The first-order chi connectivity index (χ1) is 53.6. The first kappa shape index (κ1) is 95.3. The molecule has 8 aromatic heterocycles. The van der Waals surface area contributed by atoms with E-state index < -0.39 is 120 Å². The maximum atomic E-state index is 14.9. The number of aromatic nitrogens is 14. The van der Waals surface area contributed by atoms with Crippen LogP contribution in [0.15, 0.2) is 36.9 Å². The fourth-order valence-corrected chi connectivity index (χ4v) is 27.0. The lowest BCUT2D eigenvalue weighted by Gasteiger charge is -2.18. The van der Waals surface area contributed by atoms with Gasteiger partial charge in [0.15, 0.2) is 65.7 Å². The molecular formula is C63H84BrCl10F4N17O15P4. The van der Waals surface area contributed by atoms with E-state index in [0.717, 1.165) is 61.4 Å². The molecule has 0 bridgehead atoms. The minimum atomic E-state index is -4.84. The Hall–Kier alpha value is -2.52. The van der Waals surface area contributed by atoms with E-state index in [2.05, 4.69) is 86.5 Å². The number of alkyl halides is 5. The highest BCUT2D eigenvalue weighted by molar-refractivity contribution is 9.09. The summed E-state index contributed by atoms with van der Waals surface area (Å²) in [6.07, 6.45) is 6.79. The average Bonchev–Trinajstić information content (AvgIpc) is 1.62. The highest BCUT2D eigenvalue weighted by Crippen LogP contribution is 2.72. The van der Waals surface area contributed by atoms with E-state index >= 15 is 0 Å². The lowest BCUT2D eigenvalue weighted by molar-refractivity contribution is -0.0505. The fraction of sp³-hybridized carbons (Fsp3) is 0.651. The summed E-state index contributed by atoms with van der Waals surface area (Å²) in [5.74, 6) is -7.84. The Morgan fingerprint density at radius 3 is 1.38 bits per heavy atom. The minimum absolute atomic E-state index is 0.0161. The molecule has 636 valence electrons. The highest BCUT2D eigenvalue weighted by Gasteiger charge is 2.49. The van der Waals surface area contributed by atoms with Crippen LogP contribution in [0.1, 0.15) is 136 Å². The number of rotatable bonds is 17. The highest BCUT2D eigenvalue weighted by atomic mass is 79.9. The molecule has 4 saturated heterocycles. The van der Waals surface area contributed by atoms with Gasteiger partial charge in [0.1, 0.15) is 63.4 Å². The third kappa shape index (κ3) is 25.8. The molecule has 15 rings (SSSR count).